The third kappa shape index (κ3) is 3.26. The number of ether oxygens (including phenoxy) is 1. The lowest BCUT2D eigenvalue weighted by atomic mass is 10.1. The molecule has 2 aromatic rings. The van der Waals surface area contributed by atoms with Crippen molar-refractivity contribution in [2.75, 3.05) is 12.4 Å². The van der Waals surface area contributed by atoms with E-state index in [0.717, 1.165) is 5.56 Å². The van der Waals surface area contributed by atoms with Crippen molar-refractivity contribution in [3.8, 4) is 5.75 Å². The minimum Gasteiger partial charge on any atom is -0.495 e. The van der Waals surface area contributed by atoms with Crippen LogP contribution in [0.3, 0.4) is 0 Å². The number of carbonyl (C=O) groups excluding carboxylic acids is 1. The average molecular weight is 276 g/mol. The molecule has 0 aliphatic heterocycles. The first-order chi connectivity index (χ1) is 9.10. The number of halogens is 1. The summed E-state index contributed by atoms with van der Waals surface area (Å²) in [6.45, 7) is 1.96. The molecule has 0 aromatic heterocycles. The Balaban J connectivity index is 2.23. The fourth-order valence-corrected chi connectivity index (χ4v) is 1.84. The maximum absolute atomic E-state index is 12.1. The van der Waals surface area contributed by atoms with E-state index < -0.39 is 0 Å². The molecule has 19 heavy (non-hydrogen) atoms. The summed E-state index contributed by atoms with van der Waals surface area (Å²) in [4.78, 5) is 12.1. The third-order valence-electron chi connectivity index (χ3n) is 2.71. The van der Waals surface area contributed by atoms with Crippen LogP contribution < -0.4 is 10.1 Å². The first-order valence-corrected chi connectivity index (χ1v) is 6.19. The first-order valence-electron chi connectivity index (χ1n) is 5.81. The van der Waals surface area contributed by atoms with Gasteiger partial charge in [-0.2, -0.15) is 0 Å². The van der Waals surface area contributed by atoms with Gasteiger partial charge in [0.1, 0.15) is 5.75 Å². The molecule has 3 nitrogen and oxygen atoms in total. The summed E-state index contributed by atoms with van der Waals surface area (Å²) >= 11 is 5.79. The summed E-state index contributed by atoms with van der Waals surface area (Å²) in [5, 5.41) is 3.43. The average Bonchev–Trinajstić information content (AvgIpc) is 2.39. The van der Waals surface area contributed by atoms with E-state index in [0.29, 0.717) is 22.0 Å². The monoisotopic (exact) mass is 275 g/mol. The Morgan fingerprint density at radius 3 is 2.47 bits per heavy atom. The molecule has 0 saturated carbocycles. The molecule has 4 heteroatoms. The van der Waals surface area contributed by atoms with Crippen LogP contribution in [0.25, 0.3) is 0 Å². The van der Waals surface area contributed by atoms with E-state index in [4.69, 9.17) is 16.3 Å². The zero-order chi connectivity index (χ0) is 13.8. The van der Waals surface area contributed by atoms with Gasteiger partial charge in [0.15, 0.2) is 0 Å². The van der Waals surface area contributed by atoms with Gasteiger partial charge in [0.25, 0.3) is 5.91 Å². The highest BCUT2D eigenvalue weighted by molar-refractivity contribution is 6.30. The van der Waals surface area contributed by atoms with Gasteiger partial charge in [-0.15, -0.1) is 0 Å². The third-order valence-corrected chi connectivity index (χ3v) is 2.96. The van der Waals surface area contributed by atoms with Crippen LogP contribution >= 0.6 is 11.6 Å². The smallest absolute Gasteiger partial charge is 0.255 e. The molecule has 1 amide bonds. The lowest BCUT2D eigenvalue weighted by Crippen LogP contribution is -2.12. The van der Waals surface area contributed by atoms with Gasteiger partial charge in [0.2, 0.25) is 0 Å². The highest BCUT2D eigenvalue weighted by Crippen LogP contribution is 2.25. The number of aryl methyl sites for hydroxylation is 1. The normalized spacial score (nSPS) is 10.1. The van der Waals surface area contributed by atoms with Gasteiger partial charge in [-0.3, -0.25) is 4.79 Å². The van der Waals surface area contributed by atoms with Crippen LogP contribution in [0.2, 0.25) is 5.02 Å². The molecule has 0 aliphatic rings. The second-order valence-corrected chi connectivity index (χ2v) is 4.60. The van der Waals surface area contributed by atoms with Crippen LogP contribution in [0.4, 0.5) is 5.69 Å². The molecule has 2 rings (SSSR count). The van der Waals surface area contributed by atoms with Crippen LogP contribution in [-0.2, 0) is 0 Å². The highest BCUT2D eigenvalue weighted by atomic mass is 35.5. The SMILES string of the molecule is COc1ccc(C)cc1NC(=O)c1ccc(Cl)cc1. The molecule has 0 spiro atoms. The number of benzene rings is 2. The van der Waals surface area contributed by atoms with Crippen LogP contribution in [0.5, 0.6) is 5.75 Å². The first kappa shape index (κ1) is 13.4. The fourth-order valence-electron chi connectivity index (χ4n) is 1.72. The van der Waals surface area contributed by atoms with Crippen LogP contribution in [0, 0.1) is 6.92 Å². The van der Waals surface area contributed by atoms with Gasteiger partial charge in [-0.05, 0) is 48.9 Å². The maximum Gasteiger partial charge on any atom is 0.255 e. The quantitative estimate of drug-likeness (QED) is 0.922. The Bertz CT molecular complexity index is 594. The molecule has 98 valence electrons. The summed E-state index contributed by atoms with van der Waals surface area (Å²) in [6.07, 6.45) is 0. The molecule has 0 atom stereocenters. The lowest BCUT2D eigenvalue weighted by molar-refractivity contribution is 0.102. The van der Waals surface area contributed by atoms with Crippen molar-refractivity contribution in [1.29, 1.82) is 0 Å². The Morgan fingerprint density at radius 1 is 1.16 bits per heavy atom. The van der Waals surface area contributed by atoms with Gasteiger partial charge >= 0.3 is 0 Å². The van der Waals surface area contributed by atoms with Crippen LogP contribution in [-0.4, -0.2) is 13.0 Å². The minimum atomic E-state index is -0.194. The van der Waals surface area contributed by atoms with Crippen molar-refractivity contribution in [3.05, 3.63) is 58.6 Å². The molecule has 0 bridgehead atoms. The fraction of sp³-hybridized carbons (Fsp3) is 0.133. The van der Waals surface area contributed by atoms with Crippen molar-refractivity contribution >= 4 is 23.2 Å². The van der Waals surface area contributed by atoms with E-state index >= 15 is 0 Å². The number of amides is 1. The van der Waals surface area contributed by atoms with Crippen molar-refractivity contribution < 1.29 is 9.53 Å². The largest absolute Gasteiger partial charge is 0.495 e. The Hall–Kier alpha value is -2.00. The maximum atomic E-state index is 12.1. The van der Waals surface area contributed by atoms with Gasteiger partial charge < -0.3 is 10.1 Å². The minimum absolute atomic E-state index is 0.194. The Labute approximate surface area is 117 Å². The molecule has 0 saturated heterocycles. The molecule has 0 fully saturated rings. The molecule has 0 aliphatic carbocycles. The zero-order valence-corrected chi connectivity index (χ0v) is 11.5. The van der Waals surface area contributed by atoms with E-state index in [1.165, 1.54) is 0 Å². The van der Waals surface area contributed by atoms with Gasteiger partial charge in [0, 0.05) is 10.6 Å². The predicted octanol–water partition coefficient (Wildman–Crippen LogP) is 3.91. The summed E-state index contributed by atoms with van der Waals surface area (Å²) in [7, 11) is 1.57. The molecule has 2 aromatic carbocycles. The number of hydrogen-bond acceptors (Lipinski definition) is 2. The van der Waals surface area contributed by atoms with Gasteiger partial charge in [-0.25, -0.2) is 0 Å². The summed E-state index contributed by atoms with van der Waals surface area (Å²) < 4.78 is 5.22. The molecule has 0 radical (unpaired) electrons. The Morgan fingerprint density at radius 2 is 1.84 bits per heavy atom. The van der Waals surface area contributed by atoms with Crippen molar-refractivity contribution in [2.45, 2.75) is 6.92 Å². The van der Waals surface area contributed by atoms with Gasteiger partial charge in [-0.1, -0.05) is 17.7 Å². The number of hydrogen-bond donors (Lipinski definition) is 1. The lowest BCUT2D eigenvalue weighted by Gasteiger charge is -2.11. The van der Waals surface area contributed by atoms with E-state index in [9.17, 15) is 4.79 Å². The van der Waals surface area contributed by atoms with Crippen molar-refractivity contribution in [2.24, 2.45) is 0 Å². The topological polar surface area (TPSA) is 38.3 Å². The molecular formula is C15H14ClNO2. The predicted molar refractivity (Wildman–Crippen MR) is 77.1 cm³/mol. The van der Waals surface area contributed by atoms with E-state index in [-0.39, 0.29) is 5.91 Å². The summed E-state index contributed by atoms with van der Waals surface area (Å²) in [5.74, 6) is 0.438. The van der Waals surface area contributed by atoms with E-state index in [2.05, 4.69) is 5.32 Å². The van der Waals surface area contributed by atoms with Crippen LogP contribution in [0.15, 0.2) is 42.5 Å². The van der Waals surface area contributed by atoms with Crippen molar-refractivity contribution in [1.82, 2.24) is 0 Å². The van der Waals surface area contributed by atoms with Crippen molar-refractivity contribution in [3.63, 3.8) is 0 Å². The summed E-state index contributed by atoms with van der Waals surface area (Å²) in [6, 6.07) is 12.4. The Kier molecular flexibility index (Phi) is 4.07. The molecule has 0 unspecified atom stereocenters. The zero-order valence-electron chi connectivity index (χ0n) is 10.7. The molecular weight excluding hydrogens is 262 g/mol. The second-order valence-electron chi connectivity index (χ2n) is 4.16. The second kappa shape index (κ2) is 5.76. The standard InChI is InChI=1S/C15H14ClNO2/c1-10-3-8-14(19-2)13(9-10)17-15(18)11-4-6-12(16)7-5-11/h3-9H,1-2H3,(H,17,18). The number of nitrogens with one attached hydrogen (secondary N) is 1. The number of anilines is 1. The molecule has 1 N–H and O–H groups in total. The van der Waals surface area contributed by atoms with Gasteiger partial charge in [0.05, 0.1) is 12.8 Å². The highest BCUT2D eigenvalue weighted by Gasteiger charge is 2.09. The number of methoxy groups -OCH3 is 1. The van der Waals surface area contributed by atoms with E-state index in [1.807, 2.05) is 25.1 Å². The van der Waals surface area contributed by atoms with Crippen LogP contribution in [0.1, 0.15) is 15.9 Å². The number of rotatable bonds is 3. The molecule has 0 heterocycles. The number of carbonyl (C=O) groups is 1. The summed E-state index contributed by atoms with van der Waals surface area (Å²) in [5.41, 5.74) is 2.25. The van der Waals surface area contributed by atoms with E-state index in [1.54, 1.807) is 31.4 Å².